The molecule has 0 aliphatic rings. The van der Waals surface area contributed by atoms with Crippen LogP contribution in [0.4, 0.5) is 0 Å². The number of rotatable bonds is 28. The average molecular weight is 773 g/mol. The second-order valence-corrected chi connectivity index (χ2v) is 34.6. The third-order valence-corrected chi connectivity index (χ3v) is 26.1. The zero-order valence-electron chi connectivity index (χ0n) is 37.7. The maximum Gasteiger partial charge on any atom is 0.305 e. The molecule has 0 fully saturated rings. The maximum absolute atomic E-state index is 12.5. The Labute approximate surface area is 323 Å². The molecule has 0 aromatic carbocycles. The number of hydrogen-bond donors (Lipinski definition) is 0. The number of carbonyl (C=O) groups is 1. The van der Waals surface area contributed by atoms with E-state index >= 15 is 0 Å². The van der Waals surface area contributed by atoms with Crippen LogP contribution in [0.3, 0.4) is 0 Å². The second kappa shape index (κ2) is 23.8. The molecule has 0 aromatic heterocycles. The summed E-state index contributed by atoms with van der Waals surface area (Å²) in [4.78, 5) is 12.5. The van der Waals surface area contributed by atoms with Crippen molar-refractivity contribution in [3.05, 3.63) is 0 Å². The Morgan fingerprint density at radius 1 is 0.471 bits per heavy atom. The van der Waals surface area contributed by atoms with Gasteiger partial charge in [-0.1, -0.05) is 146 Å². The minimum atomic E-state index is -2.08. The molecule has 0 rings (SSSR count). The van der Waals surface area contributed by atoms with Crippen molar-refractivity contribution in [2.45, 2.75) is 264 Å². The third kappa shape index (κ3) is 21.6. The van der Waals surface area contributed by atoms with E-state index in [0.717, 1.165) is 25.7 Å². The van der Waals surface area contributed by atoms with Gasteiger partial charge in [-0.15, -0.1) is 0 Å². The standard InChI is InChI=1S/C43H92O5Si3/c1-18-20-21-22-23-24-25-26-27-28-29-30-31-37(46-49(12,13)41(3,4)5)32-33-38(47-50(14,15)42(6,7)8)36-39(34-35-40(44)45-19-2)48-51(16,17)43(9,10)11/h37-39H,18-36H2,1-17H3/t37-,38-,39+/m0/s1. The summed E-state index contributed by atoms with van der Waals surface area (Å²) in [5, 5.41) is 0.368. The fourth-order valence-corrected chi connectivity index (χ4v) is 10.1. The monoisotopic (exact) mass is 773 g/mol. The van der Waals surface area contributed by atoms with E-state index in [4.69, 9.17) is 18.0 Å². The molecule has 0 amide bonds. The number of hydrogen-bond acceptors (Lipinski definition) is 5. The molecule has 0 aliphatic heterocycles. The van der Waals surface area contributed by atoms with E-state index in [1.54, 1.807) is 0 Å². The van der Waals surface area contributed by atoms with Crippen LogP contribution < -0.4 is 0 Å². The normalized spacial score (nSPS) is 15.5. The van der Waals surface area contributed by atoms with Crippen molar-refractivity contribution >= 4 is 30.9 Å². The summed E-state index contributed by atoms with van der Waals surface area (Å²) in [5.41, 5.74) is 0. The van der Waals surface area contributed by atoms with Crippen LogP contribution in [0.1, 0.15) is 192 Å². The Balaban J connectivity index is 5.88. The van der Waals surface area contributed by atoms with Crippen LogP contribution in [-0.4, -0.2) is 55.8 Å². The number of carbonyl (C=O) groups excluding carboxylic acids is 1. The van der Waals surface area contributed by atoms with E-state index < -0.39 is 25.0 Å². The van der Waals surface area contributed by atoms with Crippen LogP contribution >= 0.6 is 0 Å². The summed E-state index contributed by atoms with van der Waals surface area (Å²) in [7, 11) is -6.08. The third-order valence-electron chi connectivity index (χ3n) is 12.5. The van der Waals surface area contributed by atoms with Crippen LogP contribution in [0.2, 0.25) is 54.4 Å². The Morgan fingerprint density at radius 3 is 1.18 bits per heavy atom. The van der Waals surface area contributed by atoms with Gasteiger partial charge in [-0.25, -0.2) is 0 Å². The van der Waals surface area contributed by atoms with Crippen molar-refractivity contribution < 1.29 is 22.8 Å². The van der Waals surface area contributed by atoms with Crippen LogP contribution in [0, 0.1) is 0 Å². The molecule has 8 heteroatoms. The number of ether oxygens (including phenoxy) is 1. The van der Waals surface area contributed by atoms with Crippen molar-refractivity contribution in [1.29, 1.82) is 0 Å². The first-order valence-electron chi connectivity index (χ1n) is 21.5. The predicted molar refractivity (Wildman–Crippen MR) is 232 cm³/mol. The summed E-state index contributed by atoms with van der Waals surface area (Å²) in [6.45, 7) is 39.7. The molecule has 0 aromatic rings. The Kier molecular flexibility index (Phi) is 23.8. The molecule has 51 heavy (non-hydrogen) atoms. The summed E-state index contributed by atoms with van der Waals surface area (Å²) in [5.74, 6) is -0.131. The van der Waals surface area contributed by atoms with Gasteiger partial charge in [0.15, 0.2) is 25.0 Å². The highest BCUT2D eigenvalue weighted by atomic mass is 28.4. The number of unbranched alkanes of at least 4 members (excludes halogenated alkanes) is 11. The molecule has 0 saturated carbocycles. The minimum absolute atomic E-state index is 0.0406. The van der Waals surface area contributed by atoms with Gasteiger partial charge in [-0.3, -0.25) is 4.79 Å². The highest BCUT2D eigenvalue weighted by Crippen LogP contribution is 2.42. The molecule has 0 radical (unpaired) electrons. The van der Waals surface area contributed by atoms with E-state index in [-0.39, 0.29) is 39.4 Å². The molecule has 0 aliphatic carbocycles. The lowest BCUT2D eigenvalue weighted by Crippen LogP contribution is -2.48. The first kappa shape index (κ1) is 51.0. The van der Waals surface area contributed by atoms with Gasteiger partial charge in [0, 0.05) is 24.7 Å². The fraction of sp³-hybridized carbons (Fsp3) is 0.977. The summed E-state index contributed by atoms with van der Waals surface area (Å²) in [6.07, 6.45) is 21.7. The van der Waals surface area contributed by atoms with E-state index in [1.807, 2.05) is 6.92 Å². The van der Waals surface area contributed by atoms with E-state index in [1.165, 1.54) is 77.0 Å². The molecular weight excluding hydrogens is 681 g/mol. The van der Waals surface area contributed by atoms with Crippen molar-refractivity contribution in [2.24, 2.45) is 0 Å². The Bertz CT molecular complexity index is 914. The molecular formula is C43H92O5Si3. The van der Waals surface area contributed by atoms with E-state index in [2.05, 4.69) is 109 Å². The molecule has 0 unspecified atom stereocenters. The van der Waals surface area contributed by atoms with Crippen molar-refractivity contribution in [3.63, 3.8) is 0 Å². The molecule has 0 N–H and O–H groups in total. The highest BCUT2D eigenvalue weighted by Gasteiger charge is 2.43. The second-order valence-electron chi connectivity index (χ2n) is 20.3. The van der Waals surface area contributed by atoms with Gasteiger partial charge in [-0.2, -0.15) is 0 Å². The van der Waals surface area contributed by atoms with Gasteiger partial charge < -0.3 is 18.0 Å². The quantitative estimate of drug-likeness (QED) is 0.0450. The largest absolute Gasteiger partial charge is 0.466 e. The SMILES string of the molecule is CCCCCCCCCCCCCC[C@@H](CC[C@@H](C[C@@H](CCC(=O)OCC)O[Si](C)(C)C(C)(C)C)O[Si](C)(C)C(C)(C)C)O[Si](C)(C)C(C)(C)C. The predicted octanol–water partition coefficient (Wildman–Crippen LogP) is 14.8. The molecule has 0 bridgehead atoms. The lowest BCUT2D eigenvalue weighted by molar-refractivity contribution is -0.143. The van der Waals surface area contributed by atoms with Gasteiger partial charge in [0.2, 0.25) is 0 Å². The van der Waals surface area contributed by atoms with Gasteiger partial charge >= 0.3 is 5.97 Å². The zero-order valence-corrected chi connectivity index (χ0v) is 40.7. The van der Waals surface area contributed by atoms with Crippen LogP contribution in [0.5, 0.6) is 0 Å². The van der Waals surface area contributed by atoms with Gasteiger partial charge in [0.1, 0.15) is 0 Å². The lowest BCUT2D eigenvalue weighted by atomic mass is 9.99. The topological polar surface area (TPSA) is 54.0 Å². The first-order valence-corrected chi connectivity index (χ1v) is 30.2. The van der Waals surface area contributed by atoms with Crippen molar-refractivity contribution in [2.75, 3.05) is 6.61 Å². The number of esters is 1. The van der Waals surface area contributed by atoms with Crippen molar-refractivity contribution in [1.82, 2.24) is 0 Å². The molecule has 0 saturated heterocycles. The molecule has 0 spiro atoms. The van der Waals surface area contributed by atoms with E-state index in [0.29, 0.717) is 19.4 Å². The molecule has 306 valence electrons. The van der Waals surface area contributed by atoms with Crippen LogP contribution in [0.15, 0.2) is 0 Å². The summed E-state index contributed by atoms with van der Waals surface area (Å²) >= 11 is 0. The Morgan fingerprint density at radius 2 is 0.804 bits per heavy atom. The minimum Gasteiger partial charge on any atom is -0.466 e. The first-order chi connectivity index (χ1) is 23.3. The average Bonchev–Trinajstić information content (AvgIpc) is 2.97. The summed E-state index contributed by atoms with van der Waals surface area (Å²) < 4.78 is 26.9. The smallest absolute Gasteiger partial charge is 0.305 e. The summed E-state index contributed by atoms with van der Waals surface area (Å²) in [6, 6.07) is 0. The Hall–Kier alpha value is 0.000649. The van der Waals surface area contributed by atoms with Crippen molar-refractivity contribution in [3.8, 4) is 0 Å². The zero-order chi connectivity index (χ0) is 39.6. The lowest BCUT2D eigenvalue weighted by Gasteiger charge is -2.43. The highest BCUT2D eigenvalue weighted by molar-refractivity contribution is 6.75. The van der Waals surface area contributed by atoms with Gasteiger partial charge in [-0.05, 0) is 93.4 Å². The van der Waals surface area contributed by atoms with E-state index in [9.17, 15) is 4.79 Å². The maximum atomic E-state index is 12.5. The van der Waals surface area contributed by atoms with Gasteiger partial charge in [0.25, 0.3) is 0 Å². The molecule has 3 atom stereocenters. The molecule has 0 heterocycles. The molecule has 5 nitrogen and oxygen atoms in total. The van der Waals surface area contributed by atoms with Crippen LogP contribution in [0.25, 0.3) is 0 Å². The van der Waals surface area contributed by atoms with Crippen LogP contribution in [-0.2, 0) is 22.8 Å². The van der Waals surface area contributed by atoms with Gasteiger partial charge in [0.05, 0.1) is 6.61 Å². The fourth-order valence-electron chi connectivity index (χ4n) is 5.88.